The summed E-state index contributed by atoms with van der Waals surface area (Å²) in [6.07, 6.45) is 1.20. The molecule has 154 valence electrons. The first-order chi connectivity index (χ1) is 14.0. The highest BCUT2D eigenvalue weighted by Crippen LogP contribution is 2.22. The Labute approximate surface area is 172 Å². The quantitative estimate of drug-likeness (QED) is 0.596. The molecular formula is C24H30N2O3. The summed E-state index contributed by atoms with van der Waals surface area (Å²) in [4.78, 5) is 15.8. The van der Waals surface area contributed by atoms with Crippen LogP contribution in [0.1, 0.15) is 37.8 Å². The van der Waals surface area contributed by atoms with Crippen LogP contribution >= 0.6 is 0 Å². The predicted octanol–water partition coefficient (Wildman–Crippen LogP) is 4.76. The first kappa shape index (κ1) is 22.4. The highest BCUT2D eigenvalue weighted by Gasteiger charge is 2.12. The van der Waals surface area contributed by atoms with Gasteiger partial charge in [0.15, 0.2) is 0 Å². The van der Waals surface area contributed by atoms with Crippen molar-refractivity contribution < 1.29 is 13.9 Å². The topological polar surface area (TPSA) is 78.4 Å². The Morgan fingerprint density at radius 1 is 1.10 bits per heavy atom. The summed E-state index contributed by atoms with van der Waals surface area (Å²) in [7, 11) is 0. The Morgan fingerprint density at radius 2 is 1.76 bits per heavy atom. The Hall–Kier alpha value is -2.92. The summed E-state index contributed by atoms with van der Waals surface area (Å²) in [5.74, 6) is 2.22. The van der Waals surface area contributed by atoms with Crippen LogP contribution in [-0.4, -0.2) is 23.4 Å². The average Bonchev–Trinajstić information content (AvgIpc) is 3.12. The molecule has 3 rings (SSSR count). The summed E-state index contributed by atoms with van der Waals surface area (Å²) < 4.78 is 11.6. The number of nitrogens with zero attached hydrogens (tertiary/aromatic N) is 1. The monoisotopic (exact) mass is 394 g/mol. The maximum atomic E-state index is 11.2. The van der Waals surface area contributed by atoms with Crippen LogP contribution in [0, 0.1) is 6.92 Å². The molecule has 5 nitrogen and oxygen atoms in total. The third-order valence-corrected chi connectivity index (χ3v) is 4.42. The molecule has 1 atom stereocenters. The molecule has 0 aliphatic heterocycles. The molecule has 3 aromatic rings. The van der Waals surface area contributed by atoms with E-state index in [0.29, 0.717) is 25.3 Å². The second-order valence-electron chi connectivity index (χ2n) is 6.55. The van der Waals surface area contributed by atoms with Crippen LogP contribution in [0.15, 0.2) is 59.0 Å². The van der Waals surface area contributed by atoms with Crippen LogP contribution in [0.3, 0.4) is 0 Å². The standard InChI is InChI=1S/C22H24N2O3.C2H6/c1-15(25)20(23)14-17-8-10-19(11-9-17)26-13-12-21-16(2)27-22(24-21)18-6-4-3-5-7-18;1-2/h3-11,20H,12-14,23H2,1-2H3;1-2H3/t20-;/m0./s1. The molecule has 0 saturated carbocycles. The molecule has 29 heavy (non-hydrogen) atoms. The van der Waals surface area contributed by atoms with Crippen LogP contribution in [0.25, 0.3) is 11.5 Å². The van der Waals surface area contributed by atoms with E-state index in [4.69, 9.17) is 14.9 Å². The van der Waals surface area contributed by atoms with E-state index in [0.717, 1.165) is 28.3 Å². The van der Waals surface area contributed by atoms with Crippen molar-refractivity contribution in [3.63, 3.8) is 0 Å². The molecule has 0 radical (unpaired) electrons. The predicted molar refractivity (Wildman–Crippen MR) is 116 cm³/mol. The smallest absolute Gasteiger partial charge is 0.226 e. The minimum Gasteiger partial charge on any atom is -0.493 e. The third kappa shape index (κ3) is 6.57. The Bertz CT molecular complexity index is 886. The molecule has 0 spiro atoms. The van der Waals surface area contributed by atoms with Crippen molar-refractivity contribution in [3.05, 3.63) is 71.6 Å². The first-order valence-corrected chi connectivity index (χ1v) is 10.0. The lowest BCUT2D eigenvalue weighted by molar-refractivity contribution is -0.118. The van der Waals surface area contributed by atoms with Gasteiger partial charge >= 0.3 is 0 Å². The third-order valence-electron chi connectivity index (χ3n) is 4.42. The molecule has 1 heterocycles. The maximum Gasteiger partial charge on any atom is 0.226 e. The number of carbonyl (C=O) groups is 1. The van der Waals surface area contributed by atoms with Gasteiger partial charge in [-0.1, -0.05) is 44.2 Å². The number of benzene rings is 2. The van der Waals surface area contributed by atoms with Gasteiger partial charge in [0.1, 0.15) is 17.3 Å². The Balaban J connectivity index is 0.00000145. The van der Waals surface area contributed by atoms with Crippen LogP contribution < -0.4 is 10.5 Å². The van der Waals surface area contributed by atoms with E-state index in [1.54, 1.807) is 0 Å². The molecule has 0 saturated heterocycles. The van der Waals surface area contributed by atoms with E-state index in [9.17, 15) is 4.79 Å². The van der Waals surface area contributed by atoms with Gasteiger partial charge in [0, 0.05) is 12.0 Å². The number of nitrogens with two attached hydrogens (primary N) is 1. The molecule has 0 aliphatic rings. The minimum absolute atomic E-state index is 0.00631. The molecule has 0 amide bonds. The van der Waals surface area contributed by atoms with Gasteiger partial charge in [-0.25, -0.2) is 4.98 Å². The fraction of sp³-hybridized carbons (Fsp3) is 0.333. The van der Waals surface area contributed by atoms with E-state index in [1.807, 2.05) is 75.4 Å². The van der Waals surface area contributed by atoms with Gasteiger partial charge in [0.05, 0.1) is 18.3 Å². The van der Waals surface area contributed by atoms with Crippen molar-refractivity contribution in [2.45, 2.75) is 46.6 Å². The van der Waals surface area contributed by atoms with Crippen molar-refractivity contribution >= 4 is 5.78 Å². The van der Waals surface area contributed by atoms with E-state index < -0.39 is 6.04 Å². The van der Waals surface area contributed by atoms with Gasteiger partial charge in [-0.2, -0.15) is 0 Å². The molecule has 0 unspecified atom stereocenters. The largest absolute Gasteiger partial charge is 0.493 e. The van der Waals surface area contributed by atoms with Crippen molar-refractivity contribution in [3.8, 4) is 17.2 Å². The molecule has 1 aromatic heterocycles. The number of oxazole rings is 1. The number of aryl methyl sites for hydroxylation is 1. The molecule has 2 aromatic carbocycles. The van der Waals surface area contributed by atoms with Gasteiger partial charge in [0.25, 0.3) is 0 Å². The van der Waals surface area contributed by atoms with E-state index in [1.165, 1.54) is 6.92 Å². The molecule has 5 heteroatoms. The lowest BCUT2D eigenvalue weighted by Crippen LogP contribution is -2.30. The fourth-order valence-electron chi connectivity index (χ4n) is 2.75. The Kier molecular flexibility index (Phi) is 8.62. The minimum atomic E-state index is -0.453. The van der Waals surface area contributed by atoms with E-state index in [2.05, 4.69) is 4.98 Å². The van der Waals surface area contributed by atoms with Gasteiger partial charge in [-0.05, 0) is 50.1 Å². The van der Waals surface area contributed by atoms with Gasteiger partial charge in [-0.3, -0.25) is 4.79 Å². The average molecular weight is 395 g/mol. The summed E-state index contributed by atoms with van der Waals surface area (Å²) in [5.41, 5.74) is 8.68. The lowest BCUT2D eigenvalue weighted by atomic mass is 10.0. The number of ether oxygens (including phenoxy) is 1. The zero-order chi connectivity index (χ0) is 21.2. The molecule has 0 fully saturated rings. The first-order valence-electron chi connectivity index (χ1n) is 10.0. The summed E-state index contributed by atoms with van der Waals surface area (Å²) in [5, 5.41) is 0. The molecular weight excluding hydrogens is 364 g/mol. The second kappa shape index (κ2) is 11.2. The van der Waals surface area contributed by atoms with Crippen LogP contribution in [0.5, 0.6) is 5.75 Å². The molecule has 0 bridgehead atoms. The number of hydrogen-bond acceptors (Lipinski definition) is 5. The number of aromatic nitrogens is 1. The maximum absolute atomic E-state index is 11.2. The van der Waals surface area contributed by atoms with Crippen molar-refractivity contribution in [1.82, 2.24) is 4.98 Å². The highest BCUT2D eigenvalue weighted by molar-refractivity contribution is 5.81. The number of Topliss-reactive ketones (excluding diaryl/α,β-unsaturated/α-hetero) is 1. The van der Waals surface area contributed by atoms with Crippen LogP contribution in [0.2, 0.25) is 0 Å². The van der Waals surface area contributed by atoms with Gasteiger partial charge in [-0.15, -0.1) is 0 Å². The second-order valence-corrected chi connectivity index (χ2v) is 6.55. The fourth-order valence-corrected chi connectivity index (χ4v) is 2.75. The lowest BCUT2D eigenvalue weighted by Gasteiger charge is -2.09. The normalized spacial score (nSPS) is 11.3. The van der Waals surface area contributed by atoms with Crippen LogP contribution in [0.4, 0.5) is 0 Å². The number of ketones is 1. The number of carbonyl (C=O) groups excluding carboxylic acids is 1. The van der Waals surface area contributed by atoms with Crippen molar-refractivity contribution in [2.75, 3.05) is 6.61 Å². The summed E-state index contributed by atoms with van der Waals surface area (Å²) in [6, 6.07) is 17.1. The number of rotatable bonds is 8. The van der Waals surface area contributed by atoms with Gasteiger partial charge in [0.2, 0.25) is 5.89 Å². The van der Waals surface area contributed by atoms with Gasteiger partial charge < -0.3 is 14.9 Å². The molecule has 0 aliphatic carbocycles. The Morgan fingerprint density at radius 3 is 2.38 bits per heavy atom. The molecule has 2 N–H and O–H groups in total. The van der Waals surface area contributed by atoms with Crippen molar-refractivity contribution in [1.29, 1.82) is 0 Å². The number of hydrogen-bond donors (Lipinski definition) is 1. The zero-order valence-corrected chi connectivity index (χ0v) is 17.6. The summed E-state index contributed by atoms with van der Waals surface area (Å²) in [6.45, 7) is 7.94. The van der Waals surface area contributed by atoms with Crippen LogP contribution in [-0.2, 0) is 17.6 Å². The SMILES string of the molecule is CC.CC(=O)[C@@H](N)Cc1ccc(OCCc2nc(-c3ccccc3)oc2C)cc1. The van der Waals surface area contributed by atoms with E-state index >= 15 is 0 Å². The highest BCUT2D eigenvalue weighted by atomic mass is 16.5. The summed E-state index contributed by atoms with van der Waals surface area (Å²) >= 11 is 0. The zero-order valence-electron chi connectivity index (χ0n) is 17.6. The van der Waals surface area contributed by atoms with E-state index in [-0.39, 0.29) is 5.78 Å². The van der Waals surface area contributed by atoms with Crippen molar-refractivity contribution in [2.24, 2.45) is 5.73 Å².